The van der Waals surface area contributed by atoms with Crippen LogP contribution in [0.15, 0.2) is 12.1 Å². The highest BCUT2D eigenvalue weighted by Gasteiger charge is 2.36. The summed E-state index contributed by atoms with van der Waals surface area (Å²) in [5.74, 6) is 0.361. The third-order valence-corrected chi connectivity index (χ3v) is 20.2. The number of phenolic OH excluding ortho intramolecular Hbond substituents is 1. The van der Waals surface area contributed by atoms with Crippen LogP contribution in [0.5, 0.6) is 5.75 Å². The van der Waals surface area contributed by atoms with Crippen molar-refractivity contribution < 1.29 is 23.2 Å². The number of aromatic hydroxyl groups is 1. The molecule has 0 saturated heterocycles. The van der Waals surface area contributed by atoms with Gasteiger partial charge in [-0.15, -0.1) is 0 Å². The van der Waals surface area contributed by atoms with Crippen molar-refractivity contribution in [2.75, 3.05) is 26.4 Å². The minimum absolute atomic E-state index is 0.257. The normalized spacial score (nSPS) is 13.1. The summed E-state index contributed by atoms with van der Waals surface area (Å²) in [7, 11) is 0. The third-order valence-electron chi connectivity index (χ3n) is 8.46. The van der Waals surface area contributed by atoms with Gasteiger partial charge in [-0.25, -0.2) is 0 Å². The lowest BCUT2D eigenvalue weighted by Gasteiger charge is -2.33. The summed E-state index contributed by atoms with van der Waals surface area (Å²) in [6.45, 7) is 24.1. The van der Waals surface area contributed by atoms with Crippen LogP contribution in [0.25, 0.3) is 0 Å². The van der Waals surface area contributed by atoms with Gasteiger partial charge in [-0.3, -0.25) is 0 Å². The average Bonchev–Trinajstić information content (AvgIpc) is 3.03. The van der Waals surface area contributed by atoms with Crippen molar-refractivity contribution >= 4 is 57.8 Å². The number of hydrogen-bond donors (Lipinski definition) is 1. The van der Waals surface area contributed by atoms with Crippen molar-refractivity contribution in [3.63, 3.8) is 0 Å². The second-order valence-corrected chi connectivity index (χ2v) is 28.4. The van der Waals surface area contributed by atoms with E-state index < -0.39 is 11.4 Å². The Kier molecular flexibility index (Phi) is 25.3. The van der Waals surface area contributed by atoms with Gasteiger partial charge in [0, 0.05) is 0 Å². The topological polar surface area (TPSA) is 57.2 Å². The van der Waals surface area contributed by atoms with Gasteiger partial charge in [-0.05, 0) is 89.0 Å². The Hall–Kier alpha value is 0.860. The SMILES string of the molecule is CCCCCCOP(=S)(OCCCCCC)SC(SP(=S)(OCCCCCC)OCCCCCC)c1cc(C(C)(C)C)c(O)c(C(C)(C)C)c1. The Labute approximate surface area is 327 Å². The molecule has 0 unspecified atom stereocenters. The lowest BCUT2D eigenvalue weighted by atomic mass is 9.78. The standard InChI is InChI=1S/C39H74O5P2S4/c1-11-15-19-23-27-41-45(47,42-28-24-20-16-12-2)49-37(33-31-34(38(5,6)7)36(40)35(32-33)39(8,9)10)50-46(48,43-29-25-21-17-13-3)44-30-26-22-18-14-4/h31-32,37,40H,11-30H2,1-10H3. The second kappa shape index (κ2) is 25.8. The number of benzene rings is 1. The zero-order valence-corrected chi connectivity index (χ0v) is 38.5. The van der Waals surface area contributed by atoms with Gasteiger partial charge in [0.05, 0.1) is 31.0 Å². The summed E-state index contributed by atoms with van der Waals surface area (Å²) in [5.41, 5.74) is -3.30. The van der Waals surface area contributed by atoms with Crippen LogP contribution in [0.3, 0.4) is 0 Å². The lowest BCUT2D eigenvalue weighted by molar-refractivity contribution is 0.250. The van der Waals surface area contributed by atoms with Gasteiger partial charge < -0.3 is 23.2 Å². The first-order valence-corrected chi connectivity index (χ1v) is 27.8. The fraction of sp³-hybridized carbons (Fsp3) is 0.846. The minimum Gasteiger partial charge on any atom is -0.507 e. The average molecular weight is 813 g/mol. The maximum atomic E-state index is 11.6. The monoisotopic (exact) mass is 812 g/mol. The van der Waals surface area contributed by atoms with Crippen LogP contribution in [0.1, 0.15) is 193 Å². The molecule has 1 N–H and O–H groups in total. The van der Waals surface area contributed by atoms with Crippen molar-refractivity contribution in [2.45, 2.75) is 187 Å². The molecule has 0 heterocycles. The van der Waals surface area contributed by atoms with Crippen LogP contribution in [0, 0.1) is 0 Å². The fourth-order valence-electron chi connectivity index (χ4n) is 5.33. The molecule has 0 spiro atoms. The van der Waals surface area contributed by atoms with Gasteiger partial charge in [-0.1, -0.05) is 169 Å². The highest BCUT2D eigenvalue weighted by molar-refractivity contribution is 8.76. The van der Waals surface area contributed by atoms with Gasteiger partial charge in [-0.2, -0.15) is 0 Å². The number of hydrogen-bond acceptors (Lipinski definition) is 9. The molecule has 0 aliphatic heterocycles. The zero-order valence-electron chi connectivity index (χ0n) is 33.5. The lowest BCUT2D eigenvalue weighted by Crippen LogP contribution is -2.18. The van der Waals surface area contributed by atoms with Crippen LogP contribution < -0.4 is 0 Å². The van der Waals surface area contributed by atoms with E-state index in [4.69, 9.17) is 41.7 Å². The first-order chi connectivity index (χ1) is 23.6. The Morgan fingerprint density at radius 3 is 1.06 bits per heavy atom. The van der Waals surface area contributed by atoms with Crippen LogP contribution in [0.4, 0.5) is 0 Å². The van der Waals surface area contributed by atoms with E-state index >= 15 is 0 Å². The molecule has 1 aromatic rings. The molecule has 0 aromatic heterocycles. The first-order valence-electron chi connectivity index (χ1n) is 19.6. The summed E-state index contributed by atoms with van der Waals surface area (Å²) in [5, 5.41) is 11.6. The predicted molar refractivity (Wildman–Crippen MR) is 232 cm³/mol. The number of phenols is 1. The highest BCUT2D eigenvalue weighted by Crippen LogP contribution is 2.76. The van der Waals surface area contributed by atoms with E-state index in [0.717, 1.165) is 68.1 Å². The maximum absolute atomic E-state index is 11.6. The molecule has 0 fully saturated rings. The molecule has 0 radical (unpaired) electrons. The molecule has 0 aliphatic carbocycles. The number of unbranched alkanes of at least 4 members (excludes halogenated alkanes) is 12. The quantitative estimate of drug-likeness (QED) is 0.0484. The molecular weight excluding hydrogens is 739 g/mol. The zero-order chi connectivity index (χ0) is 37.7. The number of rotatable bonds is 29. The summed E-state index contributed by atoms with van der Waals surface area (Å²) in [6.07, 6.45) is 17.7. The Bertz CT molecular complexity index is 1030. The molecule has 0 aliphatic rings. The van der Waals surface area contributed by atoms with Crippen molar-refractivity contribution in [3.05, 3.63) is 28.8 Å². The molecule has 5 nitrogen and oxygen atoms in total. The van der Waals surface area contributed by atoms with Crippen molar-refractivity contribution in [2.24, 2.45) is 0 Å². The molecule has 0 bridgehead atoms. The van der Waals surface area contributed by atoms with E-state index in [-0.39, 0.29) is 15.4 Å². The van der Waals surface area contributed by atoms with E-state index in [2.05, 4.69) is 81.4 Å². The van der Waals surface area contributed by atoms with Crippen LogP contribution in [-0.4, -0.2) is 31.5 Å². The second-order valence-electron chi connectivity index (χ2n) is 15.5. The van der Waals surface area contributed by atoms with Gasteiger partial charge in [0.2, 0.25) is 11.4 Å². The summed E-state index contributed by atoms with van der Waals surface area (Å²) < 4.78 is 26.2. The van der Waals surface area contributed by atoms with E-state index in [0.29, 0.717) is 32.2 Å². The fourth-order valence-corrected chi connectivity index (χ4v) is 18.9. The predicted octanol–water partition coefficient (Wildman–Crippen LogP) is 15.3. The van der Waals surface area contributed by atoms with E-state index in [1.807, 2.05) is 0 Å². The summed E-state index contributed by atoms with van der Waals surface area (Å²) in [6, 6.07) is 4.30. The Balaban J connectivity index is 3.73. The van der Waals surface area contributed by atoms with Gasteiger partial charge in [0.1, 0.15) is 5.75 Å². The van der Waals surface area contributed by atoms with E-state index in [1.165, 1.54) is 51.4 Å². The van der Waals surface area contributed by atoms with Crippen LogP contribution >= 0.6 is 34.2 Å². The molecule has 294 valence electrons. The molecule has 1 rings (SSSR count). The first kappa shape index (κ1) is 48.9. The highest BCUT2D eigenvalue weighted by atomic mass is 32.9. The molecular formula is C39H74O5P2S4. The molecule has 0 amide bonds. The van der Waals surface area contributed by atoms with Crippen LogP contribution in [0.2, 0.25) is 0 Å². The largest absolute Gasteiger partial charge is 0.507 e. The van der Waals surface area contributed by atoms with Crippen molar-refractivity contribution in [1.82, 2.24) is 0 Å². The van der Waals surface area contributed by atoms with Gasteiger partial charge in [0.15, 0.2) is 0 Å². The van der Waals surface area contributed by atoms with Crippen molar-refractivity contribution in [1.29, 1.82) is 0 Å². The van der Waals surface area contributed by atoms with Gasteiger partial charge >= 0.3 is 0 Å². The maximum Gasteiger partial charge on any atom is 0.248 e. The van der Waals surface area contributed by atoms with Crippen molar-refractivity contribution in [3.8, 4) is 5.75 Å². The molecule has 50 heavy (non-hydrogen) atoms. The Morgan fingerprint density at radius 2 is 0.820 bits per heavy atom. The molecule has 0 atom stereocenters. The summed E-state index contributed by atoms with van der Waals surface area (Å²) in [4.78, 5) is 0. The third kappa shape index (κ3) is 20.0. The molecule has 1 aromatic carbocycles. The van der Waals surface area contributed by atoms with E-state index in [1.54, 1.807) is 22.8 Å². The summed E-state index contributed by atoms with van der Waals surface area (Å²) >= 11 is 16.0. The molecule has 11 heteroatoms. The molecule has 0 saturated carbocycles. The smallest absolute Gasteiger partial charge is 0.248 e. The van der Waals surface area contributed by atoms with Crippen LogP contribution in [-0.2, 0) is 52.5 Å². The Morgan fingerprint density at radius 1 is 0.540 bits per heavy atom. The van der Waals surface area contributed by atoms with E-state index in [9.17, 15) is 5.11 Å². The van der Waals surface area contributed by atoms with Gasteiger partial charge in [0.25, 0.3) is 0 Å². The minimum atomic E-state index is -2.80.